The lowest BCUT2D eigenvalue weighted by Gasteiger charge is -2.26. The van der Waals surface area contributed by atoms with E-state index in [4.69, 9.17) is 4.74 Å². The second kappa shape index (κ2) is 13.7. The lowest BCUT2D eigenvalue weighted by atomic mass is 9.99. The summed E-state index contributed by atoms with van der Waals surface area (Å²) >= 11 is 0. The molecule has 11 nitrogen and oxygen atoms in total. The summed E-state index contributed by atoms with van der Waals surface area (Å²) in [5.41, 5.74) is 2.11. The molecule has 1 aromatic carbocycles. The number of nitrogens with one attached hydrogen (secondary N) is 1. The third-order valence-electron chi connectivity index (χ3n) is 7.59. The van der Waals surface area contributed by atoms with E-state index in [1.807, 2.05) is 6.20 Å². The van der Waals surface area contributed by atoms with Crippen molar-refractivity contribution >= 4 is 33.2 Å². The van der Waals surface area contributed by atoms with Gasteiger partial charge in [-0.1, -0.05) is 6.07 Å². The van der Waals surface area contributed by atoms with E-state index in [1.54, 1.807) is 88.0 Å². The van der Waals surface area contributed by atoms with Gasteiger partial charge in [-0.05, 0) is 57.9 Å². The smallest absolute Gasteiger partial charge is 0.410 e. The summed E-state index contributed by atoms with van der Waals surface area (Å²) in [5.74, 6) is -2.91. The molecule has 1 saturated heterocycles. The molecule has 1 atom stereocenters. The number of pyridine rings is 1. The first kappa shape index (κ1) is 34.8. The summed E-state index contributed by atoms with van der Waals surface area (Å²) < 4.78 is 53.4. The number of carbonyl (C=O) groups excluding carboxylic acids is 2. The summed E-state index contributed by atoms with van der Waals surface area (Å²) in [4.78, 5) is 34.4. The van der Waals surface area contributed by atoms with Crippen molar-refractivity contribution in [3.63, 3.8) is 0 Å². The predicted octanol–water partition coefficient (Wildman–Crippen LogP) is 5.99. The van der Waals surface area contributed by atoms with Crippen molar-refractivity contribution in [3.8, 4) is 11.1 Å². The number of aryl methyl sites for hydroxylation is 1. The normalized spacial score (nSPS) is 16.2. The SMILES string of the molecule is Cc1c(-c2cnn(C)c2)cnc(N2CCCC(F)(F)CC2)c1C(=O)Nc1cccc([S@@](C)(=O)=NCCN(C)C(=O)OC(C)(C)C)c1. The van der Waals surface area contributed by atoms with Crippen molar-refractivity contribution in [2.24, 2.45) is 11.4 Å². The first-order chi connectivity index (χ1) is 21.5. The molecule has 0 aliphatic carbocycles. The number of nitrogens with zero attached hydrogens (tertiary/aromatic N) is 6. The Balaban J connectivity index is 1.60. The fraction of sp³-hybridized carbons (Fsp3) is 0.500. The molecule has 3 heterocycles. The molecule has 1 aliphatic heterocycles. The highest BCUT2D eigenvalue weighted by Gasteiger charge is 2.34. The Labute approximate surface area is 269 Å². The molecule has 2 aromatic heterocycles. The van der Waals surface area contributed by atoms with Gasteiger partial charge >= 0.3 is 6.09 Å². The second-order valence-corrected chi connectivity index (χ2v) is 15.0. The van der Waals surface area contributed by atoms with E-state index >= 15 is 0 Å². The van der Waals surface area contributed by atoms with Gasteiger partial charge in [-0.3, -0.25) is 9.48 Å². The number of anilines is 2. The van der Waals surface area contributed by atoms with E-state index in [0.717, 1.165) is 5.56 Å². The number of alkyl halides is 2. The number of aromatic nitrogens is 3. The first-order valence-corrected chi connectivity index (χ1v) is 17.0. The van der Waals surface area contributed by atoms with Crippen LogP contribution >= 0.6 is 0 Å². The molecule has 0 radical (unpaired) electrons. The van der Waals surface area contributed by atoms with Crippen LogP contribution in [0.15, 0.2) is 52.1 Å². The van der Waals surface area contributed by atoms with Crippen molar-refractivity contribution in [2.75, 3.05) is 49.7 Å². The number of ether oxygens (including phenoxy) is 1. The minimum absolute atomic E-state index is 0.0595. The Morgan fingerprint density at radius 3 is 2.61 bits per heavy atom. The van der Waals surface area contributed by atoms with Crippen molar-refractivity contribution in [1.29, 1.82) is 0 Å². The van der Waals surface area contributed by atoms with Crippen LogP contribution in [0, 0.1) is 6.92 Å². The van der Waals surface area contributed by atoms with E-state index in [2.05, 4.69) is 19.8 Å². The molecule has 1 aliphatic rings. The van der Waals surface area contributed by atoms with Crippen LogP contribution in [0.5, 0.6) is 0 Å². The number of hydrogen-bond acceptors (Lipinski definition) is 8. The second-order valence-electron chi connectivity index (χ2n) is 12.6. The molecule has 0 unspecified atom stereocenters. The van der Waals surface area contributed by atoms with Gasteiger partial charge in [-0.15, -0.1) is 0 Å². The van der Waals surface area contributed by atoms with Gasteiger partial charge < -0.3 is 19.9 Å². The van der Waals surface area contributed by atoms with Gasteiger partial charge in [0.15, 0.2) is 0 Å². The standard InChI is InChI=1S/C32H43F2N7O4S/c1-22-26(23-19-36-40(6)21-23)20-35-28(41-15-9-12-32(33,34)13-16-41)27(22)29(42)38-24-10-8-11-25(18-24)46(7,44)37-14-17-39(5)30(43)45-31(2,3)4/h8,10-11,18-21H,9,12-17H2,1-7H3,(H,38,42)/t46-/m1/s1. The Kier molecular flexibility index (Phi) is 10.4. The van der Waals surface area contributed by atoms with Crippen LogP contribution in [-0.4, -0.2) is 86.9 Å². The van der Waals surface area contributed by atoms with Gasteiger partial charge in [0.2, 0.25) is 5.92 Å². The van der Waals surface area contributed by atoms with E-state index in [9.17, 15) is 22.6 Å². The molecule has 0 saturated carbocycles. The molecule has 4 rings (SSSR count). The Bertz CT molecular complexity index is 1710. The zero-order valence-corrected chi connectivity index (χ0v) is 28.3. The summed E-state index contributed by atoms with van der Waals surface area (Å²) in [7, 11) is 0.489. The minimum Gasteiger partial charge on any atom is -0.444 e. The molecular formula is C32H43F2N7O4S. The van der Waals surface area contributed by atoms with Crippen LogP contribution in [0.3, 0.4) is 0 Å². The van der Waals surface area contributed by atoms with Gasteiger partial charge in [-0.2, -0.15) is 5.10 Å². The van der Waals surface area contributed by atoms with E-state index in [1.165, 1.54) is 11.2 Å². The summed E-state index contributed by atoms with van der Waals surface area (Å²) in [5, 5.41) is 7.14. The predicted molar refractivity (Wildman–Crippen MR) is 175 cm³/mol. The molecule has 250 valence electrons. The van der Waals surface area contributed by atoms with Gasteiger partial charge in [0, 0.05) is 86.9 Å². The van der Waals surface area contributed by atoms with Crippen molar-refractivity contribution in [2.45, 2.75) is 63.4 Å². The number of likely N-dealkylation sites (N-methyl/N-ethyl adjacent to an activating group) is 1. The zero-order valence-electron chi connectivity index (χ0n) is 27.5. The quantitative estimate of drug-likeness (QED) is 0.315. The van der Waals surface area contributed by atoms with Gasteiger partial charge in [-0.25, -0.2) is 27.1 Å². The van der Waals surface area contributed by atoms with Crippen LogP contribution in [0.1, 0.15) is 56.0 Å². The summed E-state index contributed by atoms with van der Waals surface area (Å²) in [6.07, 6.45) is 5.86. The van der Waals surface area contributed by atoms with Gasteiger partial charge in [0.25, 0.3) is 5.91 Å². The van der Waals surface area contributed by atoms with Gasteiger partial charge in [0.1, 0.15) is 11.4 Å². The molecule has 46 heavy (non-hydrogen) atoms. The van der Waals surface area contributed by atoms with Crippen molar-refractivity contribution in [3.05, 3.63) is 54.0 Å². The summed E-state index contributed by atoms with van der Waals surface area (Å²) in [6, 6.07) is 6.61. The Hall–Kier alpha value is -4.07. The van der Waals surface area contributed by atoms with Crippen molar-refractivity contribution < 1.29 is 27.3 Å². The monoisotopic (exact) mass is 659 g/mol. The number of hydrogen-bond donors (Lipinski definition) is 1. The van der Waals surface area contributed by atoms with Crippen LogP contribution in [0.25, 0.3) is 11.1 Å². The molecule has 3 aromatic rings. The van der Waals surface area contributed by atoms with E-state index < -0.39 is 33.3 Å². The van der Waals surface area contributed by atoms with E-state index in [0.29, 0.717) is 34.1 Å². The number of carbonyl (C=O) groups is 2. The highest BCUT2D eigenvalue weighted by atomic mass is 32.2. The molecule has 0 bridgehead atoms. The van der Waals surface area contributed by atoms with Crippen LogP contribution < -0.4 is 10.2 Å². The lowest BCUT2D eigenvalue weighted by molar-refractivity contribution is -0.0102. The fourth-order valence-electron chi connectivity index (χ4n) is 5.10. The Morgan fingerprint density at radius 1 is 1.20 bits per heavy atom. The highest BCUT2D eigenvalue weighted by Crippen LogP contribution is 2.34. The molecule has 1 N–H and O–H groups in total. The molecule has 1 fully saturated rings. The maximum atomic E-state index is 14.2. The lowest BCUT2D eigenvalue weighted by Crippen LogP contribution is -2.35. The number of benzene rings is 1. The molecule has 0 spiro atoms. The topological polar surface area (TPSA) is 122 Å². The third-order valence-corrected chi connectivity index (χ3v) is 9.39. The van der Waals surface area contributed by atoms with Crippen LogP contribution in [0.2, 0.25) is 0 Å². The average Bonchev–Trinajstić information content (AvgIpc) is 3.30. The number of halogens is 2. The maximum Gasteiger partial charge on any atom is 0.410 e. The van der Waals surface area contributed by atoms with E-state index in [-0.39, 0.29) is 44.5 Å². The largest absolute Gasteiger partial charge is 0.444 e. The van der Waals surface area contributed by atoms with Crippen LogP contribution in [-0.2, 0) is 21.5 Å². The van der Waals surface area contributed by atoms with Gasteiger partial charge in [0.05, 0.1) is 28.0 Å². The van der Waals surface area contributed by atoms with Crippen molar-refractivity contribution in [1.82, 2.24) is 19.7 Å². The fourth-order valence-corrected chi connectivity index (χ4v) is 6.36. The van der Waals surface area contributed by atoms with Crippen LogP contribution in [0.4, 0.5) is 25.1 Å². The molecular weight excluding hydrogens is 616 g/mol. The number of amides is 2. The molecule has 14 heteroatoms. The first-order valence-electron chi connectivity index (χ1n) is 15.1. The highest BCUT2D eigenvalue weighted by molar-refractivity contribution is 7.93. The zero-order chi connectivity index (χ0) is 33.9. The third kappa shape index (κ3) is 8.80. The molecule has 2 amide bonds. The summed E-state index contributed by atoms with van der Waals surface area (Å²) in [6.45, 7) is 7.86. The number of rotatable bonds is 8. The maximum absolute atomic E-state index is 14.2. The Morgan fingerprint density at radius 2 is 1.93 bits per heavy atom. The average molecular weight is 660 g/mol. The minimum atomic E-state index is -2.88.